The summed E-state index contributed by atoms with van der Waals surface area (Å²) in [4.78, 5) is 39.8. The van der Waals surface area contributed by atoms with Crippen LogP contribution >= 0.6 is 0 Å². The van der Waals surface area contributed by atoms with Crippen molar-refractivity contribution in [2.45, 2.75) is 60.9 Å². The lowest BCUT2D eigenvalue weighted by Crippen LogP contribution is -2.48. The van der Waals surface area contributed by atoms with Crippen LogP contribution in [0.2, 0.25) is 0 Å². The number of anilines is 1. The summed E-state index contributed by atoms with van der Waals surface area (Å²) in [6, 6.07) is 6.28. The number of amides is 3. The van der Waals surface area contributed by atoms with Crippen LogP contribution in [0.1, 0.15) is 66.5 Å². The topological polar surface area (TPSA) is 87.7 Å². The standard InChI is InChI=1S/C24H35N3O4/c1-8-12-27-16(4)19(21(28)31-14-15(2)3)20(26-23(27)30)17-10-9-11-18(13-17)25-22(29)24(5,6)7/h9-11,13,15,20H,8,12,14H2,1-7H3,(H,25,29)(H,26,30)/t20-/m1/s1. The molecule has 31 heavy (non-hydrogen) atoms. The lowest BCUT2D eigenvalue weighted by molar-refractivity contribution is -0.140. The molecule has 0 bridgehead atoms. The number of ether oxygens (including phenoxy) is 1. The van der Waals surface area contributed by atoms with E-state index < -0.39 is 17.4 Å². The van der Waals surface area contributed by atoms with Crippen LogP contribution in [0.15, 0.2) is 35.5 Å². The minimum Gasteiger partial charge on any atom is -0.462 e. The third-order valence-corrected chi connectivity index (χ3v) is 4.97. The summed E-state index contributed by atoms with van der Waals surface area (Å²) in [6.45, 7) is 14.0. The fourth-order valence-corrected chi connectivity index (χ4v) is 3.22. The average Bonchev–Trinajstić information content (AvgIpc) is 2.68. The first-order valence-corrected chi connectivity index (χ1v) is 10.8. The summed E-state index contributed by atoms with van der Waals surface area (Å²) >= 11 is 0. The van der Waals surface area contributed by atoms with Crippen molar-refractivity contribution in [1.29, 1.82) is 0 Å². The second kappa shape index (κ2) is 9.98. The highest BCUT2D eigenvalue weighted by Gasteiger charge is 2.36. The molecule has 3 amide bonds. The molecule has 7 heteroatoms. The Morgan fingerprint density at radius 3 is 2.52 bits per heavy atom. The van der Waals surface area contributed by atoms with Gasteiger partial charge in [0, 0.05) is 23.3 Å². The molecule has 0 radical (unpaired) electrons. The number of rotatable bonds is 7. The normalized spacial score (nSPS) is 17.0. The first kappa shape index (κ1) is 24.4. The van der Waals surface area contributed by atoms with Gasteiger partial charge in [0.25, 0.3) is 0 Å². The third-order valence-electron chi connectivity index (χ3n) is 4.97. The zero-order valence-electron chi connectivity index (χ0n) is 19.7. The van der Waals surface area contributed by atoms with E-state index in [1.807, 2.05) is 47.6 Å². The van der Waals surface area contributed by atoms with Crippen molar-refractivity contribution >= 4 is 23.6 Å². The monoisotopic (exact) mass is 429 g/mol. The second-order valence-corrected chi connectivity index (χ2v) is 9.36. The largest absolute Gasteiger partial charge is 0.462 e. The second-order valence-electron chi connectivity index (χ2n) is 9.36. The van der Waals surface area contributed by atoms with Crippen molar-refractivity contribution in [1.82, 2.24) is 10.2 Å². The van der Waals surface area contributed by atoms with Crippen molar-refractivity contribution in [2.75, 3.05) is 18.5 Å². The van der Waals surface area contributed by atoms with Gasteiger partial charge in [0.05, 0.1) is 18.2 Å². The minimum atomic E-state index is -0.660. The number of esters is 1. The van der Waals surface area contributed by atoms with E-state index in [-0.39, 0.29) is 17.9 Å². The molecule has 1 heterocycles. The lowest BCUT2D eigenvalue weighted by atomic mass is 9.93. The Bertz CT molecular complexity index is 868. The smallest absolute Gasteiger partial charge is 0.338 e. The Morgan fingerprint density at radius 1 is 1.26 bits per heavy atom. The molecule has 0 spiro atoms. The number of carbonyl (C=O) groups excluding carboxylic acids is 3. The maximum absolute atomic E-state index is 13.0. The summed E-state index contributed by atoms with van der Waals surface area (Å²) in [7, 11) is 0. The van der Waals surface area contributed by atoms with Gasteiger partial charge in [0.2, 0.25) is 5.91 Å². The number of urea groups is 1. The van der Waals surface area contributed by atoms with Crippen LogP contribution < -0.4 is 10.6 Å². The molecule has 0 aliphatic carbocycles. The zero-order chi connectivity index (χ0) is 23.3. The Labute approximate surface area is 185 Å². The Kier molecular flexibility index (Phi) is 7.87. The lowest BCUT2D eigenvalue weighted by Gasteiger charge is -2.35. The molecule has 2 N–H and O–H groups in total. The van der Waals surface area contributed by atoms with E-state index in [0.29, 0.717) is 35.7 Å². The van der Waals surface area contributed by atoms with Crippen molar-refractivity contribution < 1.29 is 19.1 Å². The molecule has 170 valence electrons. The summed E-state index contributed by atoms with van der Waals surface area (Å²) in [5.74, 6) is -0.361. The van der Waals surface area contributed by atoms with Gasteiger partial charge in [-0.2, -0.15) is 0 Å². The van der Waals surface area contributed by atoms with Crippen LogP contribution in [-0.4, -0.2) is 36.0 Å². The average molecular weight is 430 g/mol. The van der Waals surface area contributed by atoms with Crippen molar-refractivity contribution in [3.05, 3.63) is 41.1 Å². The van der Waals surface area contributed by atoms with Gasteiger partial charge < -0.3 is 15.4 Å². The quantitative estimate of drug-likeness (QED) is 0.619. The maximum atomic E-state index is 13.0. The Morgan fingerprint density at radius 2 is 1.94 bits per heavy atom. The van der Waals surface area contributed by atoms with Gasteiger partial charge in [0.1, 0.15) is 0 Å². The molecule has 0 aromatic heterocycles. The number of benzene rings is 1. The summed E-state index contributed by atoms with van der Waals surface area (Å²) < 4.78 is 5.52. The van der Waals surface area contributed by atoms with Crippen LogP contribution in [0.25, 0.3) is 0 Å². The van der Waals surface area contributed by atoms with Crippen LogP contribution in [0, 0.1) is 11.3 Å². The number of nitrogens with one attached hydrogen (secondary N) is 2. The number of carbonyl (C=O) groups is 3. The molecule has 1 aromatic carbocycles. The molecule has 1 aromatic rings. The number of hydrogen-bond donors (Lipinski definition) is 2. The summed E-state index contributed by atoms with van der Waals surface area (Å²) in [5, 5.41) is 5.85. The molecule has 0 unspecified atom stereocenters. The van der Waals surface area contributed by atoms with E-state index >= 15 is 0 Å². The minimum absolute atomic E-state index is 0.116. The van der Waals surface area contributed by atoms with Gasteiger partial charge in [-0.3, -0.25) is 9.69 Å². The van der Waals surface area contributed by atoms with E-state index in [9.17, 15) is 14.4 Å². The SMILES string of the molecule is CCCN1C(=O)N[C@H](c2cccc(NC(=O)C(C)(C)C)c2)C(C(=O)OCC(C)C)=C1C. The predicted octanol–water partition coefficient (Wildman–Crippen LogP) is 4.62. The molecule has 7 nitrogen and oxygen atoms in total. The van der Waals surface area contributed by atoms with Gasteiger partial charge in [0.15, 0.2) is 0 Å². The Hall–Kier alpha value is -2.83. The molecule has 1 aliphatic rings. The van der Waals surface area contributed by atoms with E-state index in [2.05, 4.69) is 10.6 Å². The van der Waals surface area contributed by atoms with Crippen LogP contribution in [0.5, 0.6) is 0 Å². The fraction of sp³-hybridized carbons (Fsp3) is 0.542. The number of allylic oxidation sites excluding steroid dienone is 1. The summed E-state index contributed by atoms with van der Waals surface area (Å²) in [6.07, 6.45) is 0.762. The van der Waals surface area contributed by atoms with Gasteiger partial charge >= 0.3 is 12.0 Å². The molecule has 0 saturated heterocycles. The van der Waals surface area contributed by atoms with Crippen molar-refractivity contribution in [3.8, 4) is 0 Å². The Balaban J connectivity index is 2.44. The molecule has 0 saturated carbocycles. The van der Waals surface area contributed by atoms with Gasteiger partial charge in [-0.05, 0) is 37.0 Å². The first-order valence-electron chi connectivity index (χ1n) is 10.8. The fourth-order valence-electron chi connectivity index (χ4n) is 3.22. The van der Waals surface area contributed by atoms with E-state index in [1.165, 1.54) is 0 Å². The predicted molar refractivity (Wildman–Crippen MR) is 121 cm³/mol. The van der Waals surface area contributed by atoms with Gasteiger partial charge in [-0.15, -0.1) is 0 Å². The highest BCUT2D eigenvalue weighted by atomic mass is 16.5. The number of nitrogens with zero attached hydrogens (tertiary/aromatic N) is 1. The maximum Gasteiger partial charge on any atom is 0.338 e. The van der Waals surface area contributed by atoms with Crippen LogP contribution in [0.3, 0.4) is 0 Å². The molecule has 1 aliphatic heterocycles. The zero-order valence-corrected chi connectivity index (χ0v) is 19.7. The molecular weight excluding hydrogens is 394 g/mol. The van der Waals surface area contributed by atoms with E-state index in [0.717, 1.165) is 6.42 Å². The van der Waals surface area contributed by atoms with E-state index in [1.54, 1.807) is 30.0 Å². The van der Waals surface area contributed by atoms with Crippen LogP contribution in [-0.2, 0) is 14.3 Å². The number of hydrogen-bond acceptors (Lipinski definition) is 4. The van der Waals surface area contributed by atoms with Crippen molar-refractivity contribution in [2.24, 2.45) is 11.3 Å². The first-order chi connectivity index (χ1) is 14.5. The van der Waals surface area contributed by atoms with Crippen LogP contribution in [0.4, 0.5) is 10.5 Å². The van der Waals surface area contributed by atoms with Crippen molar-refractivity contribution in [3.63, 3.8) is 0 Å². The molecule has 1 atom stereocenters. The summed E-state index contributed by atoms with van der Waals surface area (Å²) in [5.41, 5.74) is 1.77. The highest BCUT2D eigenvalue weighted by molar-refractivity contribution is 5.96. The highest BCUT2D eigenvalue weighted by Crippen LogP contribution is 2.33. The third kappa shape index (κ3) is 6.09. The molecule has 2 rings (SSSR count). The molecular formula is C24H35N3O4. The molecule has 0 fully saturated rings. The van der Waals surface area contributed by atoms with Gasteiger partial charge in [-0.25, -0.2) is 9.59 Å². The van der Waals surface area contributed by atoms with Gasteiger partial charge in [-0.1, -0.05) is 53.7 Å². The van der Waals surface area contributed by atoms with E-state index in [4.69, 9.17) is 4.74 Å².